The lowest BCUT2D eigenvalue weighted by Crippen LogP contribution is -2.18. The van der Waals surface area contributed by atoms with E-state index < -0.39 is 0 Å². The van der Waals surface area contributed by atoms with Crippen molar-refractivity contribution >= 4 is 35.3 Å². The van der Waals surface area contributed by atoms with Gasteiger partial charge in [0, 0.05) is 36.4 Å². The van der Waals surface area contributed by atoms with Gasteiger partial charge in [-0.05, 0) is 56.4 Å². The molecule has 1 unspecified atom stereocenters. The normalized spacial score (nSPS) is 13.9. The molecule has 2 N–H and O–H groups in total. The van der Waals surface area contributed by atoms with Crippen molar-refractivity contribution in [3.8, 4) is 6.07 Å². The number of nitriles is 1. The van der Waals surface area contributed by atoms with Crippen LogP contribution in [-0.2, 0) is 33.7 Å². The second-order valence-electron chi connectivity index (χ2n) is 7.58. The standard InChI is InChI=1S/C12H14N2O2S.C8H9NO.C6H10N2O/c1-14-12-10(5-13)9-3-2-8(6-16-7-15)4-11(9)17-12;1-3-9-7-8(2)5-4-6-10;1-5-6(3-7-2)4-8-9-5/h7-8,14H,2-4,6H2,1H3;3-7H,1-2H2;4,7H,3H2,1-2H3/b;5-4+,9-7?;. The number of allylic oxidation sites excluding steroid dienone is 3. The molecule has 3 rings (SSSR count). The van der Waals surface area contributed by atoms with E-state index in [-0.39, 0.29) is 0 Å². The van der Waals surface area contributed by atoms with Gasteiger partial charge in [0.05, 0.1) is 18.4 Å². The van der Waals surface area contributed by atoms with Crippen molar-refractivity contribution in [3.63, 3.8) is 0 Å². The van der Waals surface area contributed by atoms with Gasteiger partial charge in [-0.3, -0.25) is 14.6 Å². The lowest BCUT2D eigenvalue weighted by atomic mass is 9.88. The zero-order valence-corrected chi connectivity index (χ0v) is 21.8. The van der Waals surface area contributed by atoms with Crippen molar-refractivity contribution in [3.05, 3.63) is 70.6 Å². The Bertz CT molecular complexity index is 1070. The molecule has 2 aromatic rings. The lowest BCUT2D eigenvalue weighted by molar-refractivity contribution is -0.130. The second kappa shape index (κ2) is 17.6. The predicted octanol–water partition coefficient (Wildman–Crippen LogP) is 4.15. The molecule has 1 aliphatic carbocycles. The maximum atomic E-state index is 10.2. The molecule has 36 heavy (non-hydrogen) atoms. The number of carbonyl (C=O) groups is 2. The molecule has 0 aliphatic heterocycles. The van der Waals surface area contributed by atoms with Gasteiger partial charge >= 0.3 is 0 Å². The number of thiophene rings is 1. The average Bonchev–Trinajstić information content (AvgIpc) is 3.47. The topological polar surface area (TPSA) is 130 Å². The summed E-state index contributed by atoms with van der Waals surface area (Å²) in [6.07, 6.45) is 11.1. The van der Waals surface area contributed by atoms with Crippen molar-refractivity contribution in [2.75, 3.05) is 26.0 Å². The zero-order chi connectivity index (χ0) is 26.8. The van der Waals surface area contributed by atoms with Crippen LogP contribution in [0, 0.1) is 24.2 Å². The van der Waals surface area contributed by atoms with E-state index in [4.69, 9.17) is 14.5 Å². The van der Waals surface area contributed by atoms with E-state index in [0.717, 1.165) is 47.7 Å². The zero-order valence-electron chi connectivity index (χ0n) is 21.0. The number of anilines is 1. The Morgan fingerprint density at radius 2 is 2.22 bits per heavy atom. The largest absolute Gasteiger partial charge is 0.468 e. The van der Waals surface area contributed by atoms with Crippen LogP contribution in [0.4, 0.5) is 5.00 Å². The third-order valence-electron chi connectivity index (χ3n) is 5.06. The Morgan fingerprint density at radius 3 is 2.78 bits per heavy atom. The summed E-state index contributed by atoms with van der Waals surface area (Å²) in [6, 6.07) is 2.27. The predicted molar refractivity (Wildman–Crippen MR) is 143 cm³/mol. The molecule has 0 fully saturated rings. The maximum Gasteiger partial charge on any atom is 0.293 e. The highest BCUT2D eigenvalue weighted by Crippen LogP contribution is 2.39. The first-order chi connectivity index (χ1) is 17.4. The quantitative estimate of drug-likeness (QED) is 0.211. The van der Waals surface area contributed by atoms with Gasteiger partial charge in [-0.1, -0.05) is 24.4 Å². The fourth-order valence-corrected chi connectivity index (χ4v) is 4.57. The van der Waals surface area contributed by atoms with Gasteiger partial charge in [0.15, 0.2) is 0 Å². The minimum atomic E-state index is 0.391. The van der Waals surface area contributed by atoms with Gasteiger partial charge in [0.1, 0.15) is 23.1 Å². The number of rotatable bonds is 10. The van der Waals surface area contributed by atoms with Crippen molar-refractivity contribution in [1.82, 2.24) is 10.5 Å². The Morgan fingerprint density at radius 1 is 1.44 bits per heavy atom. The minimum Gasteiger partial charge on any atom is -0.468 e. The second-order valence-corrected chi connectivity index (χ2v) is 8.68. The van der Waals surface area contributed by atoms with E-state index in [9.17, 15) is 9.59 Å². The number of aryl methyl sites for hydroxylation is 1. The molecular formula is C26H33N5O4S. The Kier molecular flexibility index (Phi) is 14.8. The highest BCUT2D eigenvalue weighted by molar-refractivity contribution is 7.16. The molecule has 10 heteroatoms. The van der Waals surface area contributed by atoms with E-state index in [1.54, 1.807) is 23.6 Å². The number of fused-ring (bicyclic) bond motifs is 1. The molecule has 0 spiro atoms. The van der Waals surface area contributed by atoms with Gasteiger partial charge in [-0.2, -0.15) is 5.26 Å². The van der Waals surface area contributed by atoms with Crippen LogP contribution in [0.3, 0.4) is 0 Å². The molecule has 2 aromatic heterocycles. The summed E-state index contributed by atoms with van der Waals surface area (Å²) < 4.78 is 9.65. The van der Waals surface area contributed by atoms with Crippen molar-refractivity contribution in [1.29, 1.82) is 5.26 Å². The Labute approximate surface area is 216 Å². The summed E-state index contributed by atoms with van der Waals surface area (Å²) in [7, 11) is 3.73. The number of aromatic nitrogens is 1. The van der Waals surface area contributed by atoms with E-state index in [1.807, 2.05) is 21.0 Å². The number of carbonyl (C=O) groups excluding carboxylic acids is 2. The molecule has 9 nitrogen and oxygen atoms in total. The lowest BCUT2D eigenvalue weighted by Gasteiger charge is -2.20. The first-order valence-electron chi connectivity index (χ1n) is 11.2. The molecule has 0 saturated carbocycles. The molecule has 192 valence electrons. The molecule has 0 saturated heterocycles. The minimum absolute atomic E-state index is 0.391. The van der Waals surface area contributed by atoms with Gasteiger partial charge in [0.2, 0.25) is 0 Å². The van der Waals surface area contributed by atoms with Crippen LogP contribution in [0.1, 0.15) is 33.7 Å². The SMILES string of the molecule is C=CN=CC(=C)/C=C/C=O.CNCc1cnoc1C.CNc1sc2c(c1C#N)CCC(COC=O)C2. The van der Waals surface area contributed by atoms with E-state index >= 15 is 0 Å². The van der Waals surface area contributed by atoms with Crippen molar-refractivity contribution < 1.29 is 18.8 Å². The molecule has 0 amide bonds. The van der Waals surface area contributed by atoms with Crippen molar-refractivity contribution in [2.45, 2.75) is 32.7 Å². The first kappa shape index (κ1) is 30.2. The van der Waals surface area contributed by atoms with E-state index in [0.29, 0.717) is 30.9 Å². The fourth-order valence-electron chi connectivity index (χ4n) is 3.30. The van der Waals surface area contributed by atoms with Gasteiger partial charge in [-0.25, -0.2) is 0 Å². The summed E-state index contributed by atoms with van der Waals surface area (Å²) in [5.74, 6) is 1.28. The van der Waals surface area contributed by atoms with Crippen molar-refractivity contribution in [2.24, 2.45) is 10.9 Å². The number of aldehydes is 1. The Hall–Kier alpha value is -3.81. The Balaban J connectivity index is 0.000000293. The van der Waals surface area contributed by atoms with Gasteiger partial charge < -0.3 is 19.9 Å². The molecular weight excluding hydrogens is 478 g/mol. The highest BCUT2D eigenvalue weighted by atomic mass is 32.1. The number of nitrogens with one attached hydrogen (secondary N) is 2. The van der Waals surface area contributed by atoms with Crippen LogP contribution in [0.2, 0.25) is 0 Å². The number of aliphatic imine (C=N–C) groups is 1. The smallest absolute Gasteiger partial charge is 0.293 e. The fraction of sp³-hybridized carbons (Fsp3) is 0.346. The van der Waals surface area contributed by atoms with Crippen LogP contribution in [0.5, 0.6) is 0 Å². The monoisotopic (exact) mass is 511 g/mol. The van der Waals surface area contributed by atoms with Crippen LogP contribution < -0.4 is 10.6 Å². The molecule has 0 radical (unpaired) electrons. The summed E-state index contributed by atoms with van der Waals surface area (Å²) in [5, 5.41) is 19.8. The number of hydrogen-bond donors (Lipinski definition) is 2. The van der Waals surface area contributed by atoms with Crippen LogP contribution in [-0.4, -0.2) is 44.8 Å². The summed E-state index contributed by atoms with van der Waals surface area (Å²) in [6.45, 7) is 10.7. The molecule has 2 heterocycles. The van der Waals surface area contributed by atoms with E-state index in [1.165, 1.54) is 28.9 Å². The molecule has 1 atom stereocenters. The summed E-state index contributed by atoms with van der Waals surface area (Å²) >= 11 is 1.65. The molecule has 0 bridgehead atoms. The summed E-state index contributed by atoms with van der Waals surface area (Å²) in [4.78, 5) is 24.9. The third-order valence-corrected chi connectivity index (χ3v) is 6.33. The van der Waals surface area contributed by atoms with Crippen LogP contribution >= 0.6 is 11.3 Å². The maximum absolute atomic E-state index is 10.2. The van der Waals surface area contributed by atoms with Gasteiger partial charge in [0.25, 0.3) is 6.47 Å². The number of nitrogens with zero attached hydrogens (tertiary/aromatic N) is 3. The molecule has 1 aliphatic rings. The number of ether oxygens (including phenoxy) is 1. The van der Waals surface area contributed by atoms with E-state index in [2.05, 4.69) is 40.0 Å². The third kappa shape index (κ3) is 10.2. The van der Waals surface area contributed by atoms with Crippen LogP contribution in [0.25, 0.3) is 0 Å². The highest BCUT2D eigenvalue weighted by Gasteiger charge is 2.25. The van der Waals surface area contributed by atoms with Gasteiger partial charge in [-0.15, -0.1) is 11.3 Å². The van der Waals surface area contributed by atoms with Crippen LogP contribution in [0.15, 0.2) is 52.8 Å². The average molecular weight is 512 g/mol. The first-order valence-corrected chi connectivity index (χ1v) is 12.0. The summed E-state index contributed by atoms with van der Waals surface area (Å²) in [5.41, 5.74) is 3.77. The molecule has 0 aromatic carbocycles. The number of hydrogen-bond acceptors (Lipinski definition) is 10.